The molecule has 0 saturated heterocycles. The summed E-state index contributed by atoms with van der Waals surface area (Å²) in [5.41, 5.74) is 1.44. The number of aromatic hydroxyl groups is 1. The summed E-state index contributed by atoms with van der Waals surface area (Å²) >= 11 is 0. The minimum Gasteiger partial charge on any atom is -0.507 e. The third-order valence-electron chi connectivity index (χ3n) is 4.69. The number of benzene rings is 2. The van der Waals surface area contributed by atoms with Gasteiger partial charge >= 0.3 is 5.97 Å². The number of carbonyl (C=O) groups is 2. The first-order valence-electron chi connectivity index (χ1n) is 8.07. The fraction of sp³-hybridized carbons (Fsp3) is 0.300. The van der Waals surface area contributed by atoms with Gasteiger partial charge in [0.1, 0.15) is 11.2 Å². The molecule has 0 unspecified atom stereocenters. The molecule has 1 N–H and O–H groups in total. The number of fused-ring (bicyclic) bond motifs is 1. The number of para-hydroxylation sites is 1. The monoisotopic (exact) mass is 324 g/mol. The molecule has 24 heavy (non-hydrogen) atoms. The third-order valence-corrected chi connectivity index (χ3v) is 4.69. The molecular weight excluding hydrogens is 304 g/mol. The summed E-state index contributed by atoms with van der Waals surface area (Å²) < 4.78 is 5.23. The van der Waals surface area contributed by atoms with Gasteiger partial charge in [-0.2, -0.15) is 0 Å². The Kier molecular flexibility index (Phi) is 4.14. The van der Waals surface area contributed by atoms with Gasteiger partial charge in [0.2, 0.25) is 0 Å². The zero-order valence-electron chi connectivity index (χ0n) is 13.8. The number of rotatable bonds is 4. The van der Waals surface area contributed by atoms with Crippen molar-refractivity contribution in [1.82, 2.24) is 0 Å². The van der Waals surface area contributed by atoms with E-state index in [4.69, 9.17) is 4.74 Å². The molecule has 124 valence electrons. The van der Waals surface area contributed by atoms with Crippen LogP contribution in [0.15, 0.2) is 42.5 Å². The summed E-state index contributed by atoms with van der Waals surface area (Å²) in [6, 6.07) is 12.7. The highest BCUT2D eigenvalue weighted by Gasteiger charge is 2.52. The van der Waals surface area contributed by atoms with E-state index in [0.29, 0.717) is 18.4 Å². The number of Topliss-reactive ketones (excluding diaryl/α,β-unsaturated/α-hetero) is 1. The SMILES string of the molecule is CCOC(=O)C1(C(=O)c2cccc(C)c2O)Cc2ccccc2C1. The molecule has 0 aliphatic heterocycles. The van der Waals surface area contributed by atoms with Gasteiger partial charge < -0.3 is 9.84 Å². The van der Waals surface area contributed by atoms with Crippen molar-refractivity contribution in [1.29, 1.82) is 0 Å². The van der Waals surface area contributed by atoms with Crippen LogP contribution in [0.4, 0.5) is 0 Å². The van der Waals surface area contributed by atoms with Gasteiger partial charge in [-0.15, -0.1) is 0 Å². The molecule has 4 heteroatoms. The van der Waals surface area contributed by atoms with Crippen molar-refractivity contribution >= 4 is 11.8 Å². The largest absolute Gasteiger partial charge is 0.507 e. The lowest BCUT2D eigenvalue weighted by molar-refractivity contribution is -0.151. The van der Waals surface area contributed by atoms with E-state index in [1.54, 1.807) is 32.0 Å². The van der Waals surface area contributed by atoms with E-state index in [1.165, 1.54) is 0 Å². The maximum absolute atomic E-state index is 13.3. The van der Waals surface area contributed by atoms with E-state index in [9.17, 15) is 14.7 Å². The second kappa shape index (κ2) is 6.11. The van der Waals surface area contributed by atoms with E-state index in [2.05, 4.69) is 0 Å². The van der Waals surface area contributed by atoms with Gasteiger partial charge in [0.05, 0.1) is 12.2 Å². The standard InChI is InChI=1S/C20H20O4/c1-3-24-19(23)20(11-14-8-4-5-9-15(14)12-20)18(22)16-10-6-7-13(2)17(16)21/h4-10,21H,3,11-12H2,1-2H3. The highest BCUT2D eigenvalue weighted by molar-refractivity contribution is 6.14. The van der Waals surface area contributed by atoms with Crippen LogP contribution < -0.4 is 0 Å². The Balaban J connectivity index is 2.09. The summed E-state index contributed by atoms with van der Waals surface area (Å²) in [5.74, 6) is -0.965. The number of aryl methyl sites for hydroxylation is 1. The summed E-state index contributed by atoms with van der Waals surface area (Å²) in [6.07, 6.45) is 0.600. The van der Waals surface area contributed by atoms with Gasteiger partial charge in [-0.25, -0.2) is 0 Å². The molecule has 0 fully saturated rings. The number of ether oxygens (including phenoxy) is 1. The molecule has 1 aliphatic carbocycles. The summed E-state index contributed by atoms with van der Waals surface area (Å²) in [6.45, 7) is 3.67. The smallest absolute Gasteiger partial charge is 0.320 e. The van der Waals surface area contributed by atoms with Crippen LogP contribution in [0.2, 0.25) is 0 Å². The predicted molar refractivity (Wildman–Crippen MR) is 90.1 cm³/mol. The lowest BCUT2D eigenvalue weighted by Gasteiger charge is -2.25. The molecule has 2 aromatic carbocycles. The molecule has 3 rings (SSSR count). The highest BCUT2D eigenvalue weighted by Crippen LogP contribution is 2.42. The Labute approximate surface area is 141 Å². The zero-order valence-corrected chi connectivity index (χ0v) is 13.8. The molecule has 0 heterocycles. The van der Waals surface area contributed by atoms with Crippen molar-refractivity contribution in [3.8, 4) is 5.75 Å². The van der Waals surface area contributed by atoms with Gasteiger partial charge in [-0.05, 0) is 49.4 Å². The average Bonchev–Trinajstić information content (AvgIpc) is 2.98. The van der Waals surface area contributed by atoms with Gasteiger partial charge in [0.15, 0.2) is 5.78 Å². The van der Waals surface area contributed by atoms with Crippen molar-refractivity contribution in [3.63, 3.8) is 0 Å². The van der Waals surface area contributed by atoms with E-state index < -0.39 is 11.4 Å². The Hall–Kier alpha value is -2.62. The predicted octanol–water partition coefficient (Wildman–Crippen LogP) is 3.23. The van der Waals surface area contributed by atoms with E-state index in [0.717, 1.165) is 11.1 Å². The van der Waals surface area contributed by atoms with E-state index in [1.807, 2.05) is 24.3 Å². The van der Waals surface area contributed by atoms with Crippen LogP contribution in [-0.2, 0) is 22.4 Å². The van der Waals surface area contributed by atoms with E-state index in [-0.39, 0.29) is 23.7 Å². The van der Waals surface area contributed by atoms with Gasteiger partial charge in [0, 0.05) is 0 Å². The maximum Gasteiger partial charge on any atom is 0.320 e. The van der Waals surface area contributed by atoms with E-state index >= 15 is 0 Å². The molecular formula is C20H20O4. The molecule has 0 aromatic heterocycles. The van der Waals surface area contributed by atoms with Crippen LogP contribution in [0.5, 0.6) is 5.75 Å². The Morgan fingerprint density at radius 2 is 1.71 bits per heavy atom. The first-order chi connectivity index (χ1) is 11.5. The summed E-state index contributed by atoms with van der Waals surface area (Å²) in [4.78, 5) is 26.0. The number of hydrogen-bond donors (Lipinski definition) is 1. The van der Waals surface area contributed by atoms with Crippen molar-refractivity contribution < 1.29 is 19.4 Å². The molecule has 0 amide bonds. The number of esters is 1. The first-order valence-corrected chi connectivity index (χ1v) is 8.07. The van der Waals surface area contributed by atoms with Crippen LogP contribution in [0.25, 0.3) is 0 Å². The molecule has 0 saturated carbocycles. The maximum atomic E-state index is 13.3. The minimum atomic E-state index is -1.30. The topological polar surface area (TPSA) is 63.6 Å². The van der Waals surface area contributed by atoms with Crippen molar-refractivity contribution in [2.24, 2.45) is 5.41 Å². The average molecular weight is 324 g/mol. The van der Waals surface area contributed by atoms with Crippen molar-refractivity contribution in [3.05, 3.63) is 64.7 Å². The molecule has 4 nitrogen and oxygen atoms in total. The van der Waals surface area contributed by atoms with Gasteiger partial charge in [-0.1, -0.05) is 36.4 Å². The molecule has 2 aromatic rings. The van der Waals surface area contributed by atoms with Crippen LogP contribution in [0.3, 0.4) is 0 Å². The highest BCUT2D eigenvalue weighted by atomic mass is 16.5. The Bertz CT molecular complexity index is 782. The van der Waals surface area contributed by atoms with Crippen LogP contribution in [-0.4, -0.2) is 23.5 Å². The fourth-order valence-electron chi connectivity index (χ4n) is 3.38. The molecule has 1 aliphatic rings. The third kappa shape index (κ3) is 2.48. The zero-order chi connectivity index (χ0) is 17.3. The normalized spacial score (nSPS) is 14.9. The quantitative estimate of drug-likeness (QED) is 0.533. The molecule has 0 spiro atoms. The fourth-order valence-corrected chi connectivity index (χ4v) is 3.38. The number of phenols is 1. The Morgan fingerprint density at radius 3 is 2.29 bits per heavy atom. The van der Waals surface area contributed by atoms with Gasteiger partial charge in [-0.3, -0.25) is 9.59 Å². The van der Waals surface area contributed by atoms with Crippen LogP contribution >= 0.6 is 0 Å². The number of carbonyl (C=O) groups excluding carboxylic acids is 2. The second-order valence-electron chi connectivity index (χ2n) is 6.23. The molecule has 0 atom stereocenters. The van der Waals surface area contributed by atoms with Crippen molar-refractivity contribution in [2.45, 2.75) is 26.7 Å². The summed E-state index contributed by atoms with van der Waals surface area (Å²) in [7, 11) is 0. The molecule has 0 bridgehead atoms. The Morgan fingerprint density at radius 1 is 1.08 bits per heavy atom. The van der Waals surface area contributed by atoms with Gasteiger partial charge in [0.25, 0.3) is 0 Å². The molecule has 0 radical (unpaired) electrons. The van der Waals surface area contributed by atoms with Crippen LogP contribution in [0.1, 0.15) is 34.0 Å². The number of phenolic OH excluding ortho intramolecular Hbond substituents is 1. The lowest BCUT2D eigenvalue weighted by Crippen LogP contribution is -2.42. The second-order valence-corrected chi connectivity index (χ2v) is 6.23. The van der Waals surface area contributed by atoms with Crippen molar-refractivity contribution in [2.75, 3.05) is 6.61 Å². The first kappa shape index (κ1) is 16.2. The van der Waals surface area contributed by atoms with Crippen LogP contribution in [0, 0.1) is 12.3 Å². The summed E-state index contributed by atoms with van der Waals surface area (Å²) in [5, 5.41) is 10.3. The number of ketones is 1. The minimum absolute atomic E-state index is 0.0675. The lowest BCUT2D eigenvalue weighted by atomic mass is 9.77. The number of hydrogen-bond acceptors (Lipinski definition) is 4.